The Hall–Kier alpha value is -1.06. The van der Waals surface area contributed by atoms with Crippen LogP contribution in [-0.4, -0.2) is 23.4 Å². The van der Waals surface area contributed by atoms with Gasteiger partial charge >= 0.3 is 0 Å². The molecule has 0 bridgehead atoms. The van der Waals surface area contributed by atoms with Crippen molar-refractivity contribution in [2.24, 2.45) is 0 Å². The largest absolute Gasteiger partial charge is 0.508 e. The predicted molar refractivity (Wildman–Crippen MR) is 49.6 cm³/mol. The fourth-order valence-electron chi connectivity index (χ4n) is 1.06. The second kappa shape index (κ2) is 4.84. The molecule has 0 saturated heterocycles. The van der Waals surface area contributed by atoms with Crippen LogP contribution >= 0.6 is 0 Å². The van der Waals surface area contributed by atoms with Crippen molar-refractivity contribution in [2.45, 2.75) is 13.0 Å². The van der Waals surface area contributed by atoms with Crippen LogP contribution in [0.15, 0.2) is 24.3 Å². The molecule has 0 aromatic heterocycles. The second-order valence-electron chi connectivity index (χ2n) is 2.77. The molecule has 72 valence electrons. The molecule has 0 saturated carbocycles. The molecule has 0 radical (unpaired) electrons. The lowest BCUT2D eigenvalue weighted by molar-refractivity contribution is 0.0419. The van der Waals surface area contributed by atoms with Crippen LogP contribution in [0.1, 0.15) is 18.6 Å². The molecule has 0 fully saturated rings. The fraction of sp³-hybridized carbons (Fsp3) is 0.400. The maximum atomic E-state index is 9.54. The number of aliphatic hydroxyl groups is 1. The van der Waals surface area contributed by atoms with Crippen LogP contribution in [-0.2, 0) is 4.74 Å². The van der Waals surface area contributed by atoms with Crippen LogP contribution in [0.2, 0.25) is 0 Å². The van der Waals surface area contributed by atoms with Gasteiger partial charge in [0.05, 0.1) is 6.61 Å². The monoisotopic (exact) mass is 182 g/mol. The number of benzene rings is 1. The van der Waals surface area contributed by atoms with Crippen molar-refractivity contribution in [3.8, 4) is 5.75 Å². The van der Waals surface area contributed by atoms with E-state index in [1.807, 2.05) is 6.92 Å². The van der Waals surface area contributed by atoms with Gasteiger partial charge in [-0.3, -0.25) is 0 Å². The van der Waals surface area contributed by atoms with Crippen LogP contribution in [0.25, 0.3) is 0 Å². The Morgan fingerprint density at radius 3 is 2.85 bits per heavy atom. The SMILES string of the molecule is CCOCC(O)c1cccc(O)c1. The minimum absolute atomic E-state index is 0.160. The van der Waals surface area contributed by atoms with Crippen LogP contribution < -0.4 is 0 Å². The Bertz CT molecular complexity index is 260. The lowest BCUT2D eigenvalue weighted by Gasteiger charge is -2.10. The predicted octanol–water partition coefficient (Wildman–Crippen LogP) is 1.46. The molecule has 0 spiro atoms. The molecule has 1 unspecified atom stereocenters. The van der Waals surface area contributed by atoms with Gasteiger partial charge < -0.3 is 14.9 Å². The normalized spacial score (nSPS) is 12.8. The number of aliphatic hydroxyl groups excluding tert-OH is 1. The highest BCUT2D eigenvalue weighted by Crippen LogP contribution is 2.17. The Kier molecular flexibility index (Phi) is 3.73. The third-order valence-corrected chi connectivity index (χ3v) is 1.73. The van der Waals surface area contributed by atoms with Gasteiger partial charge in [0.15, 0.2) is 0 Å². The summed E-state index contributed by atoms with van der Waals surface area (Å²) in [5, 5.41) is 18.7. The van der Waals surface area contributed by atoms with E-state index in [-0.39, 0.29) is 12.4 Å². The summed E-state index contributed by atoms with van der Waals surface area (Å²) in [6.07, 6.45) is -0.660. The summed E-state index contributed by atoms with van der Waals surface area (Å²) in [5.41, 5.74) is 0.674. The number of rotatable bonds is 4. The Morgan fingerprint density at radius 1 is 1.46 bits per heavy atom. The molecule has 0 aliphatic carbocycles. The first-order chi connectivity index (χ1) is 6.24. The zero-order valence-electron chi connectivity index (χ0n) is 7.60. The third kappa shape index (κ3) is 3.05. The van der Waals surface area contributed by atoms with E-state index in [0.29, 0.717) is 12.2 Å². The van der Waals surface area contributed by atoms with Crippen molar-refractivity contribution in [1.82, 2.24) is 0 Å². The minimum atomic E-state index is -0.660. The van der Waals surface area contributed by atoms with Gasteiger partial charge in [-0.2, -0.15) is 0 Å². The second-order valence-corrected chi connectivity index (χ2v) is 2.77. The summed E-state index contributed by atoms with van der Waals surface area (Å²) in [6.45, 7) is 2.71. The van der Waals surface area contributed by atoms with Crippen LogP contribution in [0.3, 0.4) is 0 Å². The highest BCUT2D eigenvalue weighted by atomic mass is 16.5. The zero-order chi connectivity index (χ0) is 9.68. The van der Waals surface area contributed by atoms with Crippen molar-refractivity contribution in [1.29, 1.82) is 0 Å². The van der Waals surface area contributed by atoms with Crippen LogP contribution in [0, 0.1) is 0 Å². The molecule has 0 aliphatic rings. The summed E-state index contributed by atoms with van der Waals surface area (Å²) < 4.78 is 5.06. The molecule has 13 heavy (non-hydrogen) atoms. The lowest BCUT2D eigenvalue weighted by atomic mass is 10.1. The van der Waals surface area contributed by atoms with E-state index in [9.17, 15) is 5.11 Å². The van der Waals surface area contributed by atoms with E-state index in [0.717, 1.165) is 0 Å². The molecule has 1 rings (SSSR count). The van der Waals surface area contributed by atoms with Crippen molar-refractivity contribution in [3.05, 3.63) is 29.8 Å². The summed E-state index contributed by atoms with van der Waals surface area (Å²) in [7, 11) is 0. The molecule has 2 N–H and O–H groups in total. The molecular formula is C10H14O3. The minimum Gasteiger partial charge on any atom is -0.508 e. The Balaban J connectivity index is 2.60. The lowest BCUT2D eigenvalue weighted by Crippen LogP contribution is -2.06. The first-order valence-electron chi connectivity index (χ1n) is 4.28. The van der Waals surface area contributed by atoms with Gasteiger partial charge in [-0.15, -0.1) is 0 Å². The molecule has 0 heterocycles. The van der Waals surface area contributed by atoms with Crippen molar-refractivity contribution in [2.75, 3.05) is 13.2 Å². The molecule has 0 aliphatic heterocycles. The topological polar surface area (TPSA) is 49.7 Å². The van der Waals surface area contributed by atoms with Gasteiger partial charge in [0.1, 0.15) is 11.9 Å². The molecule has 1 atom stereocenters. The zero-order valence-corrected chi connectivity index (χ0v) is 7.60. The third-order valence-electron chi connectivity index (χ3n) is 1.73. The Morgan fingerprint density at radius 2 is 2.23 bits per heavy atom. The van der Waals surface area contributed by atoms with Gasteiger partial charge in [0.2, 0.25) is 0 Å². The number of phenolic OH excluding ortho intramolecular Hbond substituents is 1. The van der Waals surface area contributed by atoms with E-state index in [4.69, 9.17) is 9.84 Å². The quantitative estimate of drug-likeness (QED) is 0.741. The van der Waals surface area contributed by atoms with E-state index < -0.39 is 6.10 Å². The molecule has 1 aromatic rings. The first-order valence-corrected chi connectivity index (χ1v) is 4.28. The molecule has 3 heteroatoms. The summed E-state index contributed by atoms with van der Waals surface area (Å²) in [4.78, 5) is 0. The summed E-state index contributed by atoms with van der Waals surface area (Å²) >= 11 is 0. The number of hydrogen-bond acceptors (Lipinski definition) is 3. The number of phenols is 1. The van der Waals surface area contributed by atoms with Gasteiger partial charge in [-0.25, -0.2) is 0 Å². The molecule has 0 amide bonds. The highest BCUT2D eigenvalue weighted by Gasteiger charge is 2.06. The maximum Gasteiger partial charge on any atom is 0.115 e. The molecular weight excluding hydrogens is 168 g/mol. The number of ether oxygens (including phenoxy) is 1. The number of aromatic hydroxyl groups is 1. The van der Waals surface area contributed by atoms with E-state index in [1.54, 1.807) is 18.2 Å². The van der Waals surface area contributed by atoms with Gasteiger partial charge in [-0.05, 0) is 24.6 Å². The average molecular weight is 182 g/mol. The van der Waals surface area contributed by atoms with Gasteiger partial charge in [-0.1, -0.05) is 12.1 Å². The summed E-state index contributed by atoms with van der Waals surface area (Å²) in [6, 6.07) is 6.55. The van der Waals surface area contributed by atoms with Gasteiger partial charge in [0, 0.05) is 6.61 Å². The smallest absolute Gasteiger partial charge is 0.115 e. The van der Waals surface area contributed by atoms with E-state index in [2.05, 4.69) is 0 Å². The molecule has 1 aromatic carbocycles. The first kappa shape index (κ1) is 10.0. The van der Waals surface area contributed by atoms with Crippen LogP contribution in [0.5, 0.6) is 5.75 Å². The van der Waals surface area contributed by atoms with E-state index >= 15 is 0 Å². The fourth-order valence-corrected chi connectivity index (χ4v) is 1.06. The average Bonchev–Trinajstić information content (AvgIpc) is 2.14. The van der Waals surface area contributed by atoms with E-state index in [1.165, 1.54) is 6.07 Å². The molecule has 3 nitrogen and oxygen atoms in total. The van der Waals surface area contributed by atoms with Crippen molar-refractivity contribution in [3.63, 3.8) is 0 Å². The highest BCUT2D eigenvalue weighted by molar-refractivity contribution is 5.28. The van der Waals surface area contributed by atoms with Crippen molar-refractivity contribution < 1.29 is 14.9 Å². The maximum absolute atomic E-state index is 9.54. The number of hydrogen-bond donors (Lipinski definition) is 2. The van der Waals surface area contributed by atoms with Crippen molar-refractivity contribution >= 4 is 0 Å². The Labute approximate surface area is 77.6 Å². The van der Waals surface area contributed by atoms with Gasteiger partial charge in [0.25, 0.3) is 0 Å². The summed E-state index contributed by atoms with van der Waals surface area (Å²) in [5.74, 6) is 0.160. The standard InChI is InChI=1S/C10H14O3/c1-2-13-7-10(12)8-4-3-5-9(11)6-8/h3-6,10-12H,2,7H2,1H3. The van der Waals surface area contributed by atoms with Crippen LogP contribution in [0.4, 0.5) is 0 Å².